The lowest BCUT2D eigenvalue weighted by Gasteiger charge is -2.32. The molecule has 2 unspecified atom stereocenters. The first kappa shape index (κ1) is 18.8. The molecule has 0 aliphatic carbocycles. The molecule has 1 aromatic rings. The summed E-state index contributed by atoms with van der Waals surface area (Å²) in [5, 5.41) is 29.5. The zero-order valence-corrected chi connectivity index (χ0v) is 12.8. The van der Waals surface area contributed by atoms with Gasteiger partial charge in [-0.05, 0) is 24.5 Å². The van der Waals surface area contributed by atoms with Gasteiger partial charge in [0, 0.05) is 12.6 Å². The standard InChI is InChI=1S/C12H18N2O.C4H4O4/c13-14-9-5-4-8-11(14)12(15)10-6-2-1-3-7-10;5-3(6)1-2-4(7)8/h1-3,6-7,11-12,15H,4-5,8-9,13H2;1-2H,(H,5,6)(H,7,8)/b;2-1+. The van der Waals surface area contributed by atoms with Gasteiger partial charge in [-0.1, -0.05) is 36.8 Å². The first-order chi connectivity index (χ1) is 10.9. The van der Waals surface area contributed by atoms with Gasteiger partial charge in [0.25, 0.3) is 0 Å². The van der Waals surface area contributed by atoms with Crippen molar-refractivity contribution in [1.29, 1.82) is 0 Å². The Labute approximate surface area is 134 Å². The fourth-order valence-electron chi connectivity index (χ4n) is 2.39. The van der Waals surface area contributed by atoms with E-state index in [1.165, 1.54) is 12.8 Å². The molecule has 0 spiro atoms. The number of hydrogen-bond acceptors (Lipinski definition) is 5. The van der Waals surface area contributed by atoms with Crippen LogP contribution in [-0.4, -0.2) is 39.7 Å². The molecule has 0 saturated carbocycles. The van der Waals surface area contributed by atoms with E-state index in [0.29, 0.717) is 12.2 Å². The van der Waals surface area contributed by atoms with Crippen LogP contribution in [0.25, 0.3) is 0 Å². The molecule has 1 aliphatic rings. The van der Waals surface area contributed by atoms with Crippen LogP contribution in [0.5, 0.6) is 0 Å². The predicted molar refractivity (Wildman–Crippen MR) is 80.4 cm³/mol. The highest BCUT2D eigenvalue weighted by Crippen LogP contribution is 2.25. The van der Waals surface area contributed by atoms with Crippen LogP contribution in [0, 0.1) is 0 Å². The summed E-state index contributed by atoms with van der Waals surface area (Å²) >= 11 is 0. The molecule has 2 atom stereocenters. The molecule has 1 aliphatic heterocycles. The van der Waals surface area contributed by atoms with Gasteiger partial charge in [-0.2, -0.15) is 5.01 Å². The lowest BCUT2D eigenvalue weighted by atomic mass is 9.94. The van der Waals surface area contributed by atoms with Gasteiger partial charge < -0.3 is 20.1 Å². The molecule has 0 aromatic heterocycles. The third kappa shape index (κ3) is 7.05. The van der Waals surface area contributed by atoms with Crippen LogP contribution in [0.1, 0.15) is 30.9 Å². The number of nitrogens with zero attached hydrogens (tertiary/aromatic N) is 1. The van der Waals surface area contributed by atoms with E-state index in [2.05, 4.69) is 5.84 Å². The van der Waals surface area contributed by atoms with Crippen LogP contribution in [0.4, 0.5) is 0 Å². The number of benzene rings is 1. The van der Waals surface area contributed by atoms with E-state index in [1.54, 1.807) is 0 Å². The quantitative estimate of drug-likeness (QED) is 0.617. The molecule has 7 nitrogen and oxygen atoms in total. The topological polar surface area (TPSA) is 129 Å². The van der Waals surface area contributed by atoms with Crippen molar-refractivity contribution in [3.63, 3.8) is 0 Å². The fraction of sp³-hybridized carbons (Fsp3) is 0.375. The number of carbonyl (C=O) groups is 2. The Kier molecular flexibility index (Phi) is 7.96. The smallest absolute Gasteiger partial charge is 0.328 e. The molecule has 7 heteroatoms. The maximum absolute atomic E-state index is 10.2. The second-order valence-corrected chi connectivity index (χ2v) is 5.22. The van der Waals surface area contributed by atoms with Gasteiger partial charge in [-0.25, -0.2) is 4.79 Å². The average Bonchev–Trinajstić information content (AvgIpc) is 2.54. The molecule has 1 fully saturated rings. The monoisotopic (exact) mass is 322 g/mol. The minimum atomic E-state index is -1.51. The van der Waals surface area contributed by atoms with Crippen LogP contribution in [0.15, 0.2) is 42.5 Å². The summed E-state index contributed by atoms with van der Waals surface area (Å²) in [5.41, 5.74) is 0.998. The summed E-state index contributed by atoms with van der Waals surface area (Å²) in [6.45, 7) is 0.995. The SMILES string of the molecule is O=C([O-])/C=C/C(=O)O.[NH3+]N1CCCCC1C(O)c1ccccc1. The number of quaternary nitrogens is 1. The van der Waals surface area contributed by atoms with E-state index in [4.69, 9.17) is 5.11 Å². The molecular formula is C16H22N2O5. The molecule has 1 aromatic carbocycles. The number of aliphatic hydroxyl groups excluding tert-OH is 1. The van der Waals surface area contributed by atoms with Crippen molar-refractivity contribution in [2.24, 2.45) is 0 Å². The van der Waals surface area contributed by atoms with Crippen LogP contribution < -0.4 is 10.9 Å². The van der Waals surface area contributed by atoms with Crippen molar-refractivity contribution in [1.82, 2.24) is 5.01 Å². The van der Waals surface area contributed by atoms with Crippen molar-refractivity contribution in [2.75, 3.05) is 6.54 Å². The minimum absolute atomic E-state index is 0.182. The van der Waals surface area contributed by atoms with E-state index in [9.17, 15) is 19.8 Å². The lowest BCUT2D eigenvalue weighted by Crippen LogP contribution is -2.73. The molecule has 1 heterocycles. The molecule has 0 amide bonds. The van der Waals surface area contributed by atoms with Gasteiger partial charge in [-0.15, -0.1) is 0 Å². The number of rotatable bonds is 4. The molecule has 126 valence electrons. The molecule has 1 saturated heterocycles. The predicted octanol–water partition coefficient (Wildman–Crippen LogP) is -0.891. The molecule has 5 N–H and O–H groups in total. The van der Waals surface area contributed by atoms with Crippen molar-refractivity contribution >= 4 is 11.9 Å². The van der Waals surface area contributed by atoms with E-state index in [0.717, 1.165) is 18.5 Å². The van der Waals surface area contributed by atoms with Crippen LogP contribution >= 0.6 is 0 Å². The highest BCUT2D eigenvalue weighted by molar-refractivity contribution is 5.88. The summed E-state index contributed by atoms with van der Waals surface area (Å²) < 4.78 is 0. The number of carboxylic acid groups (broad SMARTS) is 2. The van der Waals surface area contributed by atoms with E-state index >= 15 is 0 Å². The Hall–Kier alpha value is -2.22. The second kappa shape index (κ2) is 9.73. The number of carbonyl (C=O) groups excluding carboxylic acids is 1. The van der Waals surface area contributed by atoms with Crippen molar-refractivity contribution in [2.45, 2.75) is 31.4 Å². The molecule has 0 radical (unpaired) electrons. The largest absolute Gasteiger partial charge is 0.545 e. The zero-order valence-electron chi connectivity index (χ0n) is 12.8. The third-order valence-corrected chi connectivity index (χ3v) is 3.53. The first-order valence-corrected chi connectivity index (χ1v) is 7.34. The van der Waals surface area contributed by atoms with Crippen LogP contribution in [-0.2, 0) is 9.59 Å². The van der Waals surface area contributed by atoms with Gasteiger partial charge in [-0.3, -0.25) is 5.84 Å². The Morgan fingerprint density at radius 1 is 1.26 bits per heavy atom. The normalized spacial score (nSPS) is 19.7. The Bertz CT molecular complexity index is 517. The van der Waals surface area contributed by atoms with Crippen molar-refractivity contribution < 1.29 is 30.8 Å². The highest BCUT2D eigenvalue weighted by Gasteiger charge is 2.29. The second-order valence-electron chi connectivity index (χ2n) is 5.22. The number of carboxylic acids is 2. The fourth-order valence-corrected chi connectivity index (χ4v) is 2.39. The van der Waals surface area contributed by atoms with Crippen molar-refractivity contribution in [3.8, 4) is 0 Å². The molecular weight excluding hydrogens is 300 g/mol. The maximum Gasteiger partial charge on any atom is 0.328 e. The third-order valence-electron chi connectivity index (χ3n) is 3.53. The molecule has 23 heavy (non-hydrogen) atoms. The van der Waals surface area contributed by atoms with Gasteiger partial charge >= 0.3 is 5.97 Å². The van der Waals surface area contributed by atoms with Crippen LogP contribution in [0.3, 0.4) is 0 Å². The summed E-state index contributed by atoms with van der Waals surface area (Å²) in [4.78, 5) is 19.0. The number of aliphatic carboxylic acids is 2. The molecule has 2 rings (SSSR count). The van der Waals surface area contributed by atoms with Crippen LogP contribution in [0.2, 0.25) is 0 Å². The zero-order chi connectivity index (χ0) is 17.2. The number of hydrogen-bond donors (Lipinski definition) is 3. The molecule has 0 bridgehead atoms. The van der Waals surface area contributed by atoms with E-state index < -0.39 is 18.0 Å². The maximum atomic E-state index is 10.2. The Balaban J connectivity index is 0.000000284. The highest BCUT2D eigenvalue weighted by atomic mass is 16.4. The van der Waals surface area contributed by atoms with Gasteiger partial charge in [0.05, 0.1) is 18.1 Å². The van der Waals surface area contributed by atoms with Gasteiger partial charge in [0.2, 0.25) is 0 Å². The lowest BCUT2D eigenvalue weighted by molar-refractivity contribution is -0.593. The Morgan fingerprint density at radius 3 is 2.39 bits per heavy atom. The Morgan fingerprint density at radius 2 is 1.91 bits per heavy atom. The summed E-state index contributed by atoms with van der Waals surface area (Å²) in [6, 6.07) is 10.0. The van der Waals surface area contributed by atoms with Gasteiger partial charge in [0.15, 0.2) is 0 Å². The van der Waals surface area contributed by atoms with E-state index in [-0.39, 0.29) is 6.04 Å². The summed E-state index contributed by atoms with van der Waals surface area (Å²) in [6.07, 6.45) is 3.98. The average molecular weight is 322 g/mol. The number of piperidine rings is 1. The summed E-state index contributed by atoms with van der Waals surface area (Å²) in [7, 11) is 0. The minimum Gasteiger partial charge on any atom is -0.545 e. The summed E-state index contributed by atoms with van der Waals surface area (Å²) in [5.74, 6) is 1.19. The number of aliphatic hydroxyl groups is 1. The van der Waals surface area contributed by atoms with E-state index in [1.807, 2.05) is 35.3 Å². The first-order valence-electron chi connectivity index (χ1n) is 7.34. The van der Waals surface area contributed by atoms with Crippen molar-refractivity contribution in [3.05, 3.63) is 48.0 Å². The van der Waals surface area contributed by atoms with Gasteiger partial charge in [0.1, 0.15) is 0 Å².